The van der Waals surface area contributed by atoms with E-state index in [2.05, 4.69) is 0 Å². The first kappa shape index (κ1) is 18.6. The minimum atomic E-state index is -4.44. The number of alkyl halides is 3. The van der Waals surface area contributed by atoms with Crippen molar-refractivity contribution < 1.29 is 23.0 Å². The molecule has 2 rings (SSSR count). The van der Waals surface area contributed by atoms with Crippen LogP contribution >= 0.6 is 11.6 Å². The van der Waals surface area contributed by atoms with Crippen molar-refractivity contribution in [1.82, 2.24) is 0 Å². The molecule has 130 valence electrons. The smallest absolute Gasteiger partial charge is 0.425 e. The van der Waals surface area contributed by atoms with E-state index in [4.69, 9.17) is 22.1 Å². The minimum Gasteiger partial charge on any atom is -0.481 e. The van der Waals surface area contributed by atoms with E-state index in [1.165, 1.54) is 24.3 Å². The van der Waals surface area contributed by atoms with Crippen LogP contribution in [-0.4, -0.2) is 17.4 Å². The van der Waals surface area contributed by atoms with Crippen molar-refractivity contribution in [2.45, 2.75) is 31.3 Å². The maximum atomic E-state index is 12.5. The lowest BCUT2D eigenvalue weighted by molar-refractivity contribution is -0.189. The van der Waals surface area contributed by atoms with Crippen LogP contribution in [0, 0.1) is 0 Å². The number of aliphatic hydroxyl groups excluding tert-OH is 1. The monoisotopic (exact) mass is 359 g/mol. The summed E-state index contributed by atoms with van der Waals surface area (Å²) in [6, 6.07) is 11.8. The fourth-order valence-corrected chi connectivity index (χ4v) is 2.22. The van der Waals surface area contributed by atoms with E-state index in [9.17, 15) is 18.3 Å². The van der Waals surface area contributed by atoms with Crippen LogP contribution in [0.4, 0.5) is 13.2 Å². The zero-order valence-corrected chi connectivity index (χ0v) is 13.6. The Labute approximate surface area is 142 Å². The Bertz CT molecular complexity index is 659. The van der Waals surface area contributed by atoms with Gasteiger partial charge >= 0.3 is 6.18 Å². The summed E-state index contributed by atoms with van der Waals surface area (Å²) in [6.07, 6.45) is -7.36. The van der Waals surface area contributed by atoms with Crippen LogP contribution < -0.4 is 10.5 Å². The largest absolute Gasteiger partial charge is 0.481 e. The summed E-state index contributed by atoms with van der Waals surface area (Å²) in [6.45, 7) is 0.930. The molecule has 3 nitrogen and oxygen atoms in total. The van der Waals surface area contributed by atoms with Crippen molar-refractivity contribution in [3.63, 3.8) is 0 Å². The topological polar surface area (TPSA) is 55.5 Å². The molecule has 0 bridgehead atoms. The van der Waals surface area contributed by atoms with Gasteiger partial charge in [0.1, 0.15) is 5.75 Å². The highest BCUT2D eigenvalue weighted by atomic mass is 35.5. The lowest BCUT2D eigenvalue weighted by atomic mass is 9.96. The molecule has 3 atom stereocenters. The third-order valence-electron chi connectivity index (χ3n) is 3.59. The van der Waals surface area contributed by atoms with Crippen LogP contribution in [0.3, 0.4) is 0 Å². The number of ether oxygens (including phenoxy) is 1. The van der Waals surface area contributed by atoms with Crippen LogP contribution in [-0.2, 0) is 0 Å². The molecule has 0 aliphatic rings. The second kappa shape index (κ2) is 7.42. The molecular formula is C17H17ClF3NO2. The van der Waals surface area contributed by atoms with Gasteiger partial charge in [0.25, 0.3) is 0 Å². The second-order valence-corrected chi connectivity index (χ2v) is 5.83. The van der Waals surface area contributed by atoms with Gasteiger partial charge < -0.3 is 15.6 Å². The van der Waals surface area contributed by atoms with Crippen molar-refractivity contribution in [3.05, 3.63) is 64.7 Å². The van der Waals surface area contributed by atoms with Gasteiger partial charge in [0.2, 0.25) is 0 Å². The quantitative estimate of drug-likeness (QED) is 0.831. The Morgan fingerprint density at radius 3 is 2.00 bits per heavy atom. The summed E-state index contributed by atoms with van der Waals surface area (Å²) in [5, 5.41) is 10.9. The summed E-state index contributed by atoms with van der Waals surface area (Å²) < 4.78 is 42.2. The van der Waals surface area contributed by atoms with Crippen molar-refractivity contribution in [2.75, 3.05) is 0 Å². The predicted octanol–water partition coefficient (Wildman–Crippen LogP) is 4.40. The normalized spacial score (nSPS) is 15.6. The number of nitrogens with two attached hydrogens (primary N) is 1. The van der Waals surface area contributed by atoms with Crippen LogP contribution in [0.25, 0.3) is 0 Å². The maximum Gasteiger partial charge on any atom is 0.425 e. The van der Waals surface area contributed by atoms with Gasteiger partial charge in [-0.25, -0.2) is 0 Å². The Kier molecular flexibility index (Phi) is 5.74. The van der Waals surface area contributed by atoms with E-state index in [1.807, 2.05) is 0 Å². The molecule has 7 heteroatoms. The van der Waals surface area contributed by atoms with Crippen molar-refractivity contribution in [3.8, 4) is 5.75 Å². The van der Waals surface area contributed by atoms with Crippen LogP contribution in [0.1, 0.15) is 30.2 Å². The van der Waals surface area contributed by atoms with E-state index in [0.717, 1.165) is 6.92 Å². The van der Waals surface area contributed by atoms with E-state index in [0.29, 0.717) is 16.1 Å². The fourth-order valence-electron chi connectivity index (χ4n) is 2.09. The Balaban J connectivity index is 2.08. The van der Waals surface area contributed by atoms with Gasteiger partial charge in [0, 0.05) is 5.02 Å². The predicted molar refractivity (Wildman–Crippen MR) is 85.9 cm³/mol. The zero-order valence-electron chi connectivity index (χ0n) is 12.8. The van der Waals surface area contributed by atoms with Crippen LogP contribution in [0.2, 0.25) is 5.02 Å². The molecule has 0 saturated heterocycles. The summed E-state index contributed by atoms with van der Waals surface area (Å²) in [5.74, 6) is 0.0656. The SMILES string of the molecule is CC(Oc1ccc([C@@H](O)[C@@H](N)c2ccc(Cl)cc2)cc1)C(F)(F)F. The molecule has 2 aromatic carbocycles. The Morgan fingerprint density at radius 2 is 1.50 bits per heavy atom. The molecule has 0 amide bonds. The van der Waals surface area contributed by atoms with Gasteiger partial charge in [-0.3, -0.25) is 0 Å². The minimum absolute atomic E-state index is 0.0656. The molecule has 0 spiro atoms. The molecule has 0 aromatic heterocycles. The average Bonchev–Trinajstić information content (AvgIpc) is 2.54. The maximum absolute atomic E-state index is 12.5. The highest BCUT2D eigenvalue weighted by Crippen LogP contribution is 2.30. The average molecular weight is 360 g/mol. The first-order chi connectivity index (χ1) is 11.2. The highest BCUT2D eigenvalue weighted by Gasteiger charge is 2.38. The number of benzene rings is 2. The molecule has 0 aliphatic carbocycles. The highest BCUT2D eigenvalue weighted by molar-refractivity contribution is 6.30. The molecule has 0 saturated carbocycles. The van der Waals surface area contributed by atoms with Gasteiger partial charge in [-0.15, -0.1) is 0 Å². The van der Waals surface area contributed by atoms with E-state index in [-0.39, 0.29) is 5.75 Å². The zero-order chi connectivity index (χ0) is 17.9. The molecule has 2 aromatic rings. The van der Waals surface area contributed by atoms with Gasteiger partial charge in [-0.1, -0.05) is 35.9 Å². The van der Waals surface area contributed by atoms with Gasteiger partial charge in [0.05, 0.1) is 12.1 Å². The van der Waals surface area contributed by atoms with Gasteiger partial charge in [0.15, 0.2) is 6.10 Å². The molecule has 0 heterocycles. The van der Waals surface area contributed by atoms with E-state index >= 15 is 0 Å². The molecule has 0 fully saturated rings. The molecule has 3 N–H and O–H groups in total. The number of halogens is 4. The fraction of sp³-hybridized carbons (Fsp3) is 0.294. The number of aliphatic hydroxyl groups is 1. The molecular weight excluding hydrogens is 343 g/mol. The van der Waals surface area contributed by atoms with E-state index < -0.39 is 24.4 Å². The number of hydrogen-bond donors (Lipinski definition) is 2. The third kappa shape index (κ3) is 4.63. The van der Waals surface area contributed by atoms with Crippen LogP contribution in [0.15, 0.2) is 48.5 Å². The van der Waals surface area contributed by atoms with Crippen molar-refractivity contribution in [1.29, 1.82) is 0 Å². The standard InChI is InChI=1S/C17H17ClF3NO2/c1-10(17(19,20)21)24-14-8-4-12(5-9-14)16(23)15(22)11-2-6-13(18)7-3-11/h2-10,15-16,23H,22H2,1H3/t10?,15-,16+/m0/s1. The Hall–Kier alpha value is -1.76. The van der Waals surface area contributed by atoms with Gasteiger partial charge in [-0.05, 0) is 42.3 Å². The molecule has 0 aliphatic heterocycles. The number of rotatable bonds is 5. The summed E-state index contributed by atoms with van der Waals surface area (Å²) in [5.41, 5.74) is 7.19. The lowest BCUT2D eigenvalue weighted by Crippen LogP contribution is -2.31. The summed E-state index contributed by atoms with van der Waals surface area (Å²) in [4.78, 5) is 0. The summed E-state index contributed by atoms with van der Waals surface area (Å²) >= 11 is 5.81. The van der Waals surface area contributed by atoms with E-state index in [1.54, 1.807) is 24.3 Å². The summed E-state index contributed by atoms with van der Waals surface area (Å²) in [7, 11) is 0. The molecule has 24 heavy (non-hydrogen) atoms. The Morgan fingerprint density at radius 1 is 1.00 bits per heavy atom. The van der Waals surface area contributed by atoms with Crippen molar-refractivity contribution in [2.24, 2.45) is 5.73 Å². The van der Waals surface area contributed by atoms with Crippen LogP contribution in [0.5, 0.6) is 5.75 Å². The van der Waals surface area contributed by atoms with Gasteiger partial charge in [-0.2, -0.15) is 13.2 Å². The third-order valence-corrected chi connectivity index (χ3v) is 3.84. The first-order valence-corrected chi connectivity index (χ1v) is 7.58. The van der Waals surface area contributed by atoms with Crippen molar-refractivity contribution >= 4 is 11.6 Å². The molecule has 1 unspecified atom stereocenters. The second-order valence-electron chi connectivity index (χ2n) is 5.39. The molecule has 0 radical (unpaired) electrons. The first-order valence-electron chi connectivity index (χ1n) is 7.21. The lowest BCUT2D eigenvalue weighted by Gasteiger charge is -2.21. The number of hydrogen-bond acceptors (Lipinski definition) is 3.